The molecule has 3 aliphatic rings. The van der Waals surface area contributed by atoms with Gasteiger partial charge in [0.1, 0.15) is 67.1 Å². The van der Waals surface area contributed by atoms with Crippen LogP contribution in [-0.2, 0) is 47.6 Å². The second kappa shape index (κ2) is 35.8. The molecule has 3 fully saturated rings. The zero-order chi connectivity index (χ0) is 60.6. The molecule has 4 rings (SSSR count). The molecule has 18 atom stereocenters. The van der Waals surface area contributed by atoms with Crippen molar-refractivity contribution >= 4 is 41.5 Å². The Morgan fingerprint density at radius 3 is 1.89 bits per heavy atom. The molecule has 1 aromatic rings. The molecule has 82 heavy (non-hydrogen) atoms. The fourth-order valence-corrected chi connectivity index (χ4v) is 10.4. The fraction of sp³-hybridized carbons (Fsp3) is 0.778. The number of hydrogen-bond donors (Lipinski definition) is 14. The molecule has 0 radical (unpaired) electrons. The van der Waals surface area contributed by atoms with Crippen molar-refractivity contribution in [3.63, 3.8) is 0 Å². The molecule has 470 valence electrons. The van der Waals surface area contributed by atoms with Crippen molar-refractivity contribution in [1.82, 2.24) is 10.6 Å². The summed E-state index contributed by atoms with van der Waals surface area (Å²) in [5.74, 6) is -4.75. The number of unbranched alkanes of at least 4 members (excludes halogenated alkanes) is 14. The number of ether oxygens (including phenoxy) is 6. The number of thioether (sulfide) groups is 1. The number of aliphatic hydroxyl groups excluding tert-OH is 11. The molecular weight excluding hydrogens is 1120 g/mol. The average molecular weight is 1200 g/mol. The third kappa shape index (κ3) is 22.7. The van der Waals surface area contributed by atoms with Crippen LogP contribution in [0.3, 0.4) is 0 Å². The van der Waals surface area contributed by atoms with Crippen molar-refractivity contribution in [2.45, 2.75) is 243 Å². The number of hydrogen-bond acceptors (Lipinski definition) is 22. The van der Waals surface area contributed by atoms with E-state index in [-0.39, 0.29) is 35.1 Å². The van der Waals surface area contributed by atoms with Gasteiger partial charge in [0, 0.05) is 36.4 Å². The Labute approximate surface area is 479 Å². The van der Waals surface area contributed by atoms with Crippen LogP contribution in [0.4, 0.5) is 18.9 Å². The summed E-state index contributed by atoms with van der Waals surface area (Å²) >= 11 is -0.342. The van der Waals surface area contributed by atoms with Crippen molar-refractivity contribution in [2.75, 3.05) is 31.7 Å². The molecule has 0 spiro atoms. The van der Waals surface area contributed by atoms with Gasteiger partial charge >= 0.3 is 5.51 Å². The first-order valence-electron chi connectivity index (χ1n) is 28.1. The van der Waals surface area contributed by atoms with E-state index in [9.17, 15) is 88.5 Å². The molecule has 0 bridgehead atoms. The van der Waals surface area contributed by atoms with Crippen molar-refractivity contribution in [3.05, 3.63) is 36.4 Å². The third-order valence-corrected chi connectivity index (χ3v) is 15.1. The highest BCUT2D eigenvalue weighted by atomic mass is 32.2. The van der Waals surface area contributed by atoms with Gasteiger partial charge in [-0.15, -0.1) is 0 Å². The topological polar surface area (TPSA) is 382 Å². The van der Waals surface area contributed by atoms with Crippen molar-refractivity contribution in [3.8, 4) is 0 Å². The Morgan fingerprint density at radius 2 is 1.35 bits per heavy atom. The van der Waals surface area contributed by atoms with Crippen LogP contribution >= 0.6 is 11.8 Å². The molecule has 3 aliphatic heterocycles. The fourth-order valence-electron chi connectivity index (χ4n) is 9.84. The molecule has 0 aliphatic carbocycles. The highest BCUT2D eigenvalue weighted by Gasteiger charge is 2.57. The summed E-state index contributed by atoms with van der Waals surface area (Å²) in [7, 11) is 0. The smallest absolute Gasteiger partial charge is 0.394 e. The third-order valence-electron chi connectivity index (χ3n) is 14.3. The molecule has 3 amide bonds. The van der Waals surface area contributed by atoms with Gasteiger partial charge in [0.15, 0.2) is 18.9 Å². The molecule has 14 N–H and O–H groups in total. The van der Waals surface area contributed by atoms with Crippen LogP contribution in [0.25, 0.3) is 0 Å². The second-order valence-corrected chi connectivity index (χ2v) is 22.1. The molecule has 3 saturated heterocycles. The summed E-state index contributed by atoms with van der Waals surface area (Å²) in [6, 6.07) is 1.92. The highest BCUT2D eigenvalue weighted by molar-refractivity contribution is 8.00. The number of carbonyl (C=O) groups excluding carboxylic acids is 4. The number of anilines is 1. The van der Waals surface area contributed by atoms with Gasteiger partial charge in [0.2, 0.25) is 23.5 Å². The molecule has 3 heterocycles. The lowest BCUT2D eigenvalue weighted by Gasteiger charge is -2.50. The Kier molecular flexibility index (Phi) is 31.0. The maximum atomic E-state index is 13.3. The molecule has 8 unspecified atom stereocenters. The number of rotatable bonds is 36. The highest BCUT2D eigenvalue weighted by Crippen LogP contribution is 2.39. The molecular formula is C54H86F3N3O21S. The summed E-state index contributed by atoms with van der Waals surface area (Å²) in [6.45, 7) is -0.423. The van der Waals surface area contributed by atoms with Gasteiger partial charge in [-0.2, -0.15) is 13.2 Å². The number of halogens is 3. The zero-order valence-electron chi connectivity index (χ0n) is 46.2. The largest absolute Gasteiger partial charge is 0.446 e. The number of amides is 3. The van der Waals surface area contributed by atoms with E-state index >= 15 is 0 Å². The van der Waals surface area contributed by atoms with Gasteiger partial charge in [0.25, 0.3) is 0 Å². The first-order chi connectivity index (χ1) is 39.0. The summed E-state index contributed by atoms with van der Waals surface area (Å²) in [4.78, 5) is 50.8. The van der Waals surface area contributed by atoms with E-state index in [1.165, 1.54) is 69.9 Å². The Hall–Kier alpha value is -3.50. The van der Waals surface area contributed by atoms with Crippen molar-refractivity contribution < 1.29 is 117 Å². The lowest BCUT2D eigenvalue weighted by molar-refractivity contribution is -0.382. The first kappa shape index (κ1) is 71.0. The van der Waals surface area contributed by atoms with Gasteiger partial charge in [-0.25, -0.2) is 0 Å². The van der Waals surface area contributed by atoms with Crippen LogP contribution in [0.5, 0.6) is 0 Å². The van der Waals surface area contributed by atoms with E-state index in [1.54, 1.807) is 0 Å². The molecule has 24 nitrogen and oxygen atoms in total. The van der Waals surface area contributed by atoms with E-state index < -0.39 is 166 Å². The number of carbonyl (C=O) groups is 4. The second-order valence-electron chi connectivity index (χ2n) is 21.0. The van der Waals surface area contributed by atoms with Crippen LogP contribution in [0.15, 0.2) is 41.3 Å². The number of nitrogens with one attached hydrogen (secondary N) is 3. The zero-order valence-corrected chi connectivity index (χ0v) is 47.1. The number of aliphatic hydroxyl groups is 11. The van der Waals surface area contributed by atoms with Gasteiger partial charge in [0.05, 0.1) is 50.7 Å². The van der Waals surface area contributed by atoms with E-state index in [0.29, 0.717) is 6.42 Å². The van der Waals surface area contributed by atoms with Gasteiger partial charge < -0.3 is 101 Å². The van der Waals surface area contributed by atoms with Crippen LogP contribution in [-0.4, -0.2) is 222 Å². The minimum Gasteiger partial charge on any atom is -0.394 e. The molecule has 28 heteroatoms. The van der Waals surface area contributed by atoms with Crippen LogP contribution < -0.4 is 16.0 Å². The standard InChI is InChI=1S/C54H86F3N3O21S/c1-3-4-5-6-7-8-9-10-11-12-13-14-15-16-17-18-40(69)60-34(35(66)23-24-41(70)59-32-19-21-33(22-20-32)82-54(55,56)57)29-76-51-46(74)45(73)48(39(28-63)78-51)79-52-47(75)50(44(72)38(27-62)77-52)81-53(30-64)25-36(67)42(58-31(2)65)49(80-53)43(71)37(68)26-61/h19-24,30,34-39,42-52,61-63,66-68,71-75H,3-18,25-29H2,1-2H3,(H,58,65)(H,59,70)(H,60,69)/b24-23+/t34-,35+,36?,37+,38?,39?,42+,43+,44-,45?,46?,47?,48+,49?,50?,51+,52-,53-/m0/s1. The normalized spacial score (nSPS) is 30.3. The molecule has 0 saturated carbocycles. The molecule has 1 aromatic carbocycles. The van der Waals surface area contributed by atoms with Crippen LogP contribution in [0.2, 0.25) is 0 Å². The average Bonchev–Trinajstić information content (AvgIpc) is 3.54. The van der Waals surface area contributed by atoms with Gasteiger partial charge in [-0.05, 0) is 48.5 Å². The van der Waals surface area contributed by atoms with E-state index in [1.807, 2.05) is 0 Å². The monoisotopic (exact) mass is 1200 g/mol. The first-order valence-corrected chi connectivity index (χ1v) is 28.9. The predicted octanol–water partition coefficient (Wildman–Crippen LogP) is 0.829. The van der Waals surface area contributed by atoms with Crippen LogP contribution in [0, 0.1) is 0 Å². The Bertz CT molecular complexity index is 2070. The summed E-state index contributed by atoms with van der Waals surface area (Å²) in [5, 5.41) is 127. The SMILES string of the molecule is CCCCCCCCCCCCCCCCCC(=O)N[C@@H](CO[C@@H]1OC(CO)[C@@H](O[C@@H]2OC(CO)[C@H](O)C(O[C@]3(C=O)CC(O)[C@@H](NC(C)=O)C([C@H](O)[C@H](O)CO)O3)C2O)C(O)C1O)[C@H](O)/C=C/C(=O)Nc1ccc(SC(F)(F)F)cc1. The predicted molar refractivity (Wildman–Crippen MR) is 286 cm³/mol. The van der Waals surface area contributed by atoms with Crippen molar-refractivity contribution in [1.29, 1.82) is 0 Å². The minimum atomic E-state index is -4.53. The maximum Gasteiger partial charge on any atom is 0.446 e. The van der Waals surface area contributed by atoms with E-state index in [0.717, 1.165) is 63.3 Å². The van der Waals surface area contributed by atoms with Gasteiger partial charge in [-0.3, -0.25) is 19.2 Å². The number of alkyl halides is 3. The maximum absolute atomic E-state index is 13.3. The lowest BCUT2D eigenvalue weighted by atomic mass is 9.88. The number of aldehydes is 1. The number of benzene rings is 1. The Morgan fingerprint density at radius 1 is 0.780 bits per heavy atom. The summed E-state index contributed by atoms with van der Waals surface area (Å²) in [6.07, 6.45) is -11.1. The Balaban J connectivity index is 1.42. The minimum absolute atomic E-state index is 0.0140. The molecule has 0 aromatic heterocycles. The van der Waals surface area contributed by atoms with Crippen molar-refractivity contribution in [2.24, 2.45) is 0 Å². The van der Waals surface area contributed by atoms with Crippen LogP contribution in [0.1, 0.15) is 123 Å². The van der Waals surface area contributed by atoms with Gasteiger partial charge in [-0.1, -0.05) is 96.8 Å². The van der Waals surface area contributed by atoms with E-state index in [4.69, 9.17) is 28.4 Å². The lowest BCUT2D eigenvalue weighted by Crippen LogP contribution is -2.69. The summed E-state index contributed by atoms with van der Waals surface area (Å²) < 4.78 is 73.0. The van der Waals surface area contributed by atoms with E-state index in [2.05, 4.69) is 22.9 Å². The summed E-state index contributed by atoms with van der Waals surface area (Å²) in [5.41, 5.74) is -4.40. The quantitative estimate of drug-likeness (QED) is 0.0191.